The fourth-order valence-electron chi connectivity index (χ4n) is 1.79. The van der Waals surface area contributed by atoms with Crippen molar-refractivity contribution < 1.29 is 14.4 Å². The van der Waals surface area contributed by atoms with E-state index in [9.17, 15) is 14.4 Å². The average Bonchev–Trinajstić information content (AvgIpc) is 2.58. The van der Waals surface area contributed by atoms with Crippen LogP contribution >= 0.6 is 0 Å². The highest BCUT2D eigenvalue weighted by Crippen LogP contribution is 2.15. The lowest BCUT2D eigenvalue weighted by Gasteiger charge is -2.13. The largest absolute Gasteiger partial charge is 0.370 e. The third-order valence-electron chi connectivity index (χ3n) is 2.77. The van der Waals surface area contributed by atoms with Gasteiger partial charge in [0.25, 0.3) is 0 Å². The number of carbonyl (C=O) groups is 3. The smallest absolute Gasteiger partial charge is 0.334 e. The third-order valence-corrected chi connectivity index (χ3v) is 2.77. The van der Waals surface area contributed by atoms with Crippen molar-refractivity contribution in [3.63, 3.8) is 0 Å². The third kappa shape index (κ3) is 2.40. The van der Waals surface area contributed by atoms with Gasteiger partial charge in [0.05, 0.1) is 6.54 Å². The summed E-state index contributed by atoms with van der Waals surface area (Å²) in [6.45, 7) is 2.73. The predicted molar refractivity (Wildman–Crippen MR) is 67.1 cm³/mol. The second kappa shape index (κ2) is 5.05. The molecule has 19 heavy (non-hydrogen) atoms. The van der Waals surface area contributed by atoms with Crippen LogP contribution in [0.4, 0.5) is 10.6 Å². The highest BCUT2D eigenvalue weighted by molar-refractivity contribution is 6.44. The van der Waals surface area contributed by atoms with Crippen LogP contribution in [-0.4, -0.2) is 46.2 Å². The molecule has 1 aromatic rings. The first-order chi connectivity index (χ1) is 9.04. The summed E-state index contributed by atoms with van der Waals surface area (Å²) in [4.78, 5) is 40.6. The van der Waals surface area contributed by atoms with Gasteiger partial charge in [-0.1, -0.05) is 0 Å². The van der Waals surface area contributed by atoms with E-state index in [0.29, 0.717) is 5.82 Å². The Morgan fingerprint density at radius 2 is 2.00 bits per heavy atom. The van der Waals surface area contributed by atoms with Crippen LogP contribution in [0.15, 0.2) is 18.3 Å². The van der Waals surface area contributed by atoms with E-state index >= 15 is 0 Å². The molecule has 1 saturated heterocycles. The predicted octanol–water partition coefficient (Wildman–Crippen LogP) is 0.434. The summed E-state index contributed by atoms with van der Waals surface area (Å²) in [5.41, 5.74) is 0.732. The Morgan fingerprint density at radius 1 is 1.26 bits per heavy atom. The van der Waals surface area contributed by atoms with Crippen molar-refractivity contribution in [1.29, 1.82) is 0 Å². The normalized spacial score (nSPS) is 15.4. The molecule has 0 aliphatic carbocycles. The number of nitrogens with zero attached hydrogens (tertiary/aromatic N) is 3. The lowest BCUT2D eigenvalue weighted by molar-refractivity contribution is -0.143. The Labute approximate surface area is 110 Å². The van der Waals surface area contributed by atoms with E-state index in [0.717, 1.165) is 21.9 Å². The van der Waals surface area contributed by atoms with Gasteiger partial charge in [0, 0.05) is 19.8 Å². The fraction of sp³-hybridized carbons (Fsp3) is 0.333. The molecule has 0 aromatic carbocycles. The molecule has 4 amide bonds. The van der Waals surface area contributed by atoms with Crippen LogP contribution in [0.1, 0.15) is 12.5 Å². The molecule has 7 heteroatoms. The Morgan fingerprint density at radius 3 is 2.58 bits per heavy atom. The number of amides is 4. The number of hydrogen-bond donors (Lipinski definition) is 1. The lowest BCUT2D eigenvalue weighted by Crippen LogP contribution is -2.31. The molecule has 0 atom stereocenters. The van der Waals surface area contributed by atoms with E-state index in [1.165, 1.54) is 7.05 Å². The lowest BCUT2D eigenvalue weighted by atomic mass is 10.2. The van der Waals surface area contributed by atoms with Gasteiger partial charge in [-0.05, 0) is 24.6 Å². The maximum atomic E-state index is 11.7. The minimum atomic E-state index is -0.800. The molecule has 1 aliphatic rings. The fourth-order valence-corrected chi connectivity index (χ4v) is 1.79. The summed E-state index contributed by atoms with van der Waals surface area (Å²) < 4.78 is 0. The highest BCUT2D eigenvalue weighted by atomic mass is 16.2. The molecule has 100 valence electrons. The maximum Gasteiger partial charge on any atom is 0.334 e. The topological polar surface area (TPSA) is 82.6 Å². The summed E-state index contributed by atoms with van der Waals surface area (Å²) in [6, 6.07) is 2.84. The quantitative estimate of drug-likeness (QED) is 0.628. The van der Waals surface area contributed by atoms with Crippen molar-refractivity contribution in [3.05, 3.63) is 23.9 Å². The van der Waals surface area contributed by atoms with Gasteiger partial charge in [0.2, 0.25) is 0 Å². The van der Waals surface area contributed by atoms with Crippen molar-refractivity contribution >= 4 is 23.7 Å². The van der Waals surface area contributed by atoms with Crippen LogP contribution in [0, 0.1) is 0 Å². The molecule has 1 aliphatic heterocycles. The van der Waals surface area contributed by atoms with Gasteiger partial charge in [0.1, 0.15) is 5.82 Å². The molecule has 1 fully saturated rings. The van der Waals surface area contributed by atoms with Gasteiger partial charge in [0.15, 0.2) is 0 Å². The Balaban J connectivity index is 2.17. The van der Waals surface area contributed by atoms with Gasteiger partial charge in [-0.15, -0.1) is 0 Å². The summed E-state index contributed by atoms with van der Waals surface area (Å²) in [7, 11) is 1.29. The first kappa shape index (κ1) is 13.0. The number of pyridine rings is 1. The number of likely N-dealkylation sites (N-methyl/N-ethyl adjacent to an activating group) is 1. The molecule has 0 spiro atoms. The average molecular weight is 262 g/mol. The van der Waals surface area contributed by atoms with Gasteiger partial charge in [-0.2, -0.15) is 0 Å². The van der Waals surface area contributed by atoms with E-state index in [2.05, 4.69) is 10.3 Å². The number of rotatable bonds is 4. The zero-order chi connectivity index (χ0) is 14.0. The first-order valence-electron chi connectivity index (χ1n) is 5.87. The van der Waals surface area contributed by atoms with Crippen molar-refractivity contribution in [2.45, 2.75) is 13.5 Å². The van der Waals surface area contributed by atoms with Crippen LogP contribution in [-0.2, 0) is 16.1 Å². The summed E-state index contributed by atoms with van der Waals surface area (Å²) in [5, 5.41) is 3.04. The van der Waals surface area contributed by atoms with Crippen molar-refractivity contribution in [1.82, 2.24) is 14.8 Å². The summed E-state index contributed by atoms with van der Waals surface area (Å²) in [6.07, 6.45) is 1.59. The molecule has 1 N–H and O–H groups in total. The van der Waals surface area contributed by atoms with Crippen LogP contribution in [0.2, 0.25) is 0 Å². The second-order valence-electron chi connectivity index (χ2n) is 4.12. The maximum absolute atomic E-state index is 11.7. The number of hydrogen-bond acceptors (Lipinski definition) is 5. The van der Waals surface area contributed by atoms with Crippen molar-refractivity contribution in [2.24, 2.45) is 0 Å². The van der Waals surface area contributed by atoms with Crippen LogP contribution in [0.3, 0.4) is 0 Å². The highest BCUT2D eigenvalue weighted by Gasteiger charge is 2.41. The molecule has 1 aromatic heterocycles. The second-order valence-corrected chi connectivity index (χ2v) is 4.12. The molecular weight excluding hydrogens is 248 g/mol. The zero-order valence-corrected chi connectivity index (χ0v) is 10.7. The van der Waals surface area contributed by atoms with E-state index < -0.39 is 17.8 Å². The number of nitrogens with one attached hydrogen (secondary N) is 1. The van der Waals surface area contributed by atoms with E-state index in [1.54, 1.807) is 18.3 Å². The van der Waals surface area contributed by atoms with E-state index in [4.69, 9.17) is 0 Å². The number of aromatic nitrogens is 1. The minimum absolute atomic E-state index is 0.0641. The standard InChI is InChI=1S/C12H14N4O3/c1-3-13-9-6-8(4-5-14-9)7-16-11(18)10(17)15(2)12(16)19/h4-6H,3,7H2,1-2H3,(H,13,14). The molecule has 0 radical (unpaired) electrons. The molecule has 0 unspecified atom stereocenters. The molecule has 2 rings (SSSR count). The first-order valence-corrected chi connectivity index (χ1v) is 5.87. The van der Waals surface area contributed by atoms with Crippen LogP contribution < -0.4 is 5.32 Å². The van der Waals surface area contributed by atoms with Crippen LogP contribution in [0.5, 0.6) is 0 Å². The summed E-state index contributed by atoms with van der Waals surface area (Å²) in [5.74, 6) is -0.931. The molecule has 7 nitrogen and oxygen atoms in total. The number of urea groups is 1. The number of anilines is 1. The Kier molecular flexibility index (Phi) is 3.46. The van der Waals surface area contributed by atoms with Crippen molar-refractivity contribution in [3.8, 4) is 0 Å². The van der Waals surface area contributed by atoms with Crippen molar-refractivity contribution in [2.75, 3.05) is 18.9 Å². The molecule has 0 bridgehead atoms. The summed E-state index contributed by atoms with van der Waals surface area (Å²) >= 11 is 0. The number of imide groups is 2. The Hall–Kier alpha value is -2.44. The van der Waals surface area contributed by atoms with Gasteiger partial charge in [-0.3, -0.25) is 19.4 Å². The number of carbonyl (C=O) groups excluding carboxylic acids is 3. The van der Waals surface area contributed by atoms with E-state index in [-0.39, 0.29) is 6.54 Å². The van der Waals surface area contributed by atoms with Gasteiger partial charge >= 0.3 is 17.8 Å². The molecule has 0 saturated carbocycles. The minimum Gasteiger partial charge on any atom is -0.370 e. The molecular formula is C12H14N4O3. The van der Waals surface area contributed by atoms with Crippen LogP contribution in [0.25, 0.3) is 0 Å². The zero-order valence-electron chi connectivity index (χ0n) is 10.7. The Bertz CT molecular complexity index is 544. The molecule has 2 heterocycles. The monoisotopic (exact) mass is 262 g/mol. The van der Waals surface area contributed by atoms with E-state index in [1.807, 2.05) is 6.92 Å². The van der Waals surface area contributed by atoms with Gasteiger partial charge < -0.3 is 5.32 Å². The van der Waals surface area contributed by atoms with Gasteiger partial charge in [-0.25, -0.2) is 9.78 Å². The SMILES string of the molecule is CCNc1cc(CN2C(=O)C(=O)N(C)C2=O)ccn1.